The standard InChI is InChI=1S/C13H15FN2O5/c14-10-3-1-9(2-4-10)5-6-15-13(20)16-11(17)7-21-8-12(18)19/h1-4H,5-8H2,(H,18,19)(H2,15,16,17,20). The number of carboxylic acid groups (broad SMARTS) is 1. The maximum atomic E-state index is 12.7. The maximum absolute atomic E-state index is 12.7. The van der Waals surface area contributed by atoms with Gasteiger partial charge in [-0.3, -0.25) is 10.1 Å². The van der Waals surface area contributed by atoms with Crippen LogP contribution < -0.4 is 10.6 Å². The van der Waals surface area contributed by atoms with E-state index < -0.39 is 31.1 Å². The van der Waals surface area contributed by atoms with Crippen LogP contribution in [0.3, 0.4) is 0 Å². The van der Waals surface area contributed by atoms with Crippen LogP contribution in [0.5, 0.6) is 0 Å². The van der Waals surface area contributed by atoms with E-state index in [1.807, 2.05) is 5.32 Å². The van der Waals surface area contributed by atoms with Crippen molar-refractivity contribution >= 4 is 17.9 Å². The molecule has 1 aromatic rings. The van der Waals surface area contributed by atoms with Crippen LogP contribution in [0.15, 0.2) is 24.3 Å². The lowest BCUT2D eigenvalue weighted by Crippen LogP contribution is -2.42. The molecule has 0 aliphatic rings. The first kappa shape index (κ1) is 16.6. The van der Waals surface area contributed by atoms with Crippen molar-refractivity contribution in [1.82, 2.24) is 10.6 Å². The predicted octanol–water partition coefficient (Wildman–Crippen LogP) is 0.295. The van der Waals surface area contributed by atoms with E-state index in [1.165, 1.54) is 12.1 Å². The third-order valence-corrected chi connectivity index (χ3v) is 2.32. The smallest absolute Gasteiger partial charge is 0.329 e. The van der Waals surface area contributed by atoms with Crippen LogP contribution in [0, 0.1) is 5.82 Å². The summed E-state index contributed by atoms with van der Waals surface area (Å²) in [7, 11) is 0. The summed E-state index contributed by atoms with van der Waals surface area (Å²) in [5.74, 6) is -2.28. The Bertz CT molecular complexity index is 504. The molecular formula is C13H15FN2O5. The van der Waals surface area contributed by atoms with Gasteiger partial charge >= 0.3 is 12.0 Å². The second-order valence-corrected chi connectivity index (χ2v) is 4.07. The number of rotatable bonds is 7. The SMILES string of the molecule is O=C(O)COCC(=O)NC(=O)NCCc1ccc(F)cc1. The molecule has 3 N–H and O–H groups in total. The number of hydrogen-bond donors (Lipinski definition) is 3. The fourth-order valence-electron chi connectivity index (χ4n) is 1.41. The highest BCUT2D eigenvalue weighted by Gasteiger charge is 2.08. The zero-order chi connectivity index (χ0) is 15.7. The predicted molar refractivity (Wildman–Crippen MR) is 70.1 cm³/mol. The third-order valence-electron chi connectivity index (χ3n) is 2.32. The quantitative estimate of drug-likeness (QED) is 0.671. The summed E-state index contributed by atoms with van der Waals surface area (Å²) in [5.41, 5.74) is 0.841. The van der Waals surface area contributed by atoms with Crippen LogP contribution in [-0.2, 0) is 20.7 Å². The van der Waals surface area contributed by atoms with Crippen molar-refractivity contribution in [2.24, 2.45) is 0 Å². The Hall–Kier alpha value is -2.48. The monoisotopic (exact) mass is 298 g/mol. The Kier molecular flexibility index (Phi) is 6.82. The summed E-state index contributed by atoms with van der Waals surface area (Å²) < 4.78 is 17.2. The fraction of sp³-hybridized carbons (Fsp3) is 0.308. The van der Waals surface area contributed by atoms with Gasteiger partial charge in [0.25, 0.3) is 5.91 Å². The molecule has 0 bridgehead atoms. The Morgan fingerprint density at radius 1 is 1.14 bits per heavy atom. The first-order valence-electron chi connectivity index (χ1n) is 6.09. The lowest BCUT2D eigenvalue weighted by Gasteiger charge is -2.07. The third kappa shape index (κ3) is 7.63. The lowest BCUT2D eigenvalue weighted by molar-refractivity contribution is -0.143. The average Bonchev–Trinajstić information content (AvgIpc) is 2.40. The molecule has 0 heterocycles. The number of carbonyl (C=O) groups is 3. The number of carboxylic acids is 1. The molecule has 1 aromatic carbocycles. The molecule has 0 fully saturated rings. The molecule has 3 amide bonds. The molecule has 0 spiro atoms. The van der Waals surface area contributed by atoms with Crippen LogP contribution in [0.1, 0.15) is 5.56 Å². The first-order valence-corrected chi connectivity index (χ1v) is 6.09. The van der Waals surface area contributed by atoms with Crippen molar-refractivity contribution in [3.8, 4) is 0 Å². The van der Waals surface area contributed by atoms with E-state index in [9.17, 15) is 18.8 Å². The van der Waals surface area contributed by atoms with Crippen molar-refractivity contribution in [1.29, 1.82) is 0 Å². The summed E-state index contributed by atoms with van der Waals surface area (Å²) >= 11 is 0. The van der Waals surface area contributed by atoms with Gasteiger partial charge in [0.2, 0.25) is 0 Å². The molecule has 114 valence electrons. The minimum absolute atomic E-state index is 0.265. The van der Waals surface area contributed by atoms with Gasteiger partial charge in [0.05, 0.1) is 0 Å². The van der Waals surface area contributed by atoms with Gasteiger partial charge in [0.1, 0.15) is 19.0 Å². The molecule has 7 nitrogen and oxygen atoms in total. The average molecular weight is 298 g/mol. The van der Waals surface area contributed by atoms with Gasteiger partial charge in [-0.1, -0.05) is 12.1 Å². The van der Waals surface area contributed by atoms with Gasteiger partial charge in [-0.15, -0.1) is 0 Å². The number of ether oxygens (including phenoxy) is 1. The largest absolute Gasteiger partial charge is 0.480 e. The van der Waals surface area contributed by atoms with Crippen molar-refractivity contribution in [2.45, 2.75) is 6.42 Å². The molecular weight excluding hydrogens is 283 g/mol. The van der Waals surface area contributed by atoms with E-state index in [2.05, 4.69) is 10.1 Å². The van der Waals surface area contributed by atoms with E-state index >= 15 is 0 Å². The van der Waals surface area contributed by atoms with E-state index in [0.717, 1.165) is 5.56 Å². The Morgan fingerprint density at radius 2 is 1.81 bits per heavy atom. The molecule has 0 aliphatic carbocycles. The number of imide groups is 1. The van der Waals surface area contributed by atoms with E-state index in [1.54, 1.807) is 12.1 Å². The second kappa shape index (κ2) is 8.64. The fourth-order valence-corrected chi connectivity index (χ4v) is 1.41. The molecule has 0 saturated heterocycles. The van der Waals surface area contributed by atoms with Gasteiger partial charge in [0, 0.05) is 6.54 Å². The van der Waals surface area contributed by atoms with Gasteiger partial charge in [-0.05, 0) is 24.1 Å². The topological polar surface area (TPSA) is 105 Å². The number of hydrogen-bond acceptors (Lipinski definition) is 4. The molecule has 21 heavy (non-hydrogen) atoms. The molecule has 8 heteroatoms. The number of urea groups is 1. The Balaban J connectivity index is 2.17. The number of benzene rings is 1. The van der Waals surface area contributed by atoms with Gasteiger partial charge in [-0.2, -0.15) is 0 Å². The highest BCUT2D eigenvalue weighted by molar-refractivity contribution is 5.94. The zero-order valence-corrected chi connectivity index (χ0v) is 11.1. The van der Waals surface area contributed by atoms with Crippen LogP contribution in [0.4, 0.5) is 9.18 Å². The van der Waals surface area contributed by atoms with E-state index in [4.69, 9.17) is 5.11 Å². The normalized spacial score (nSPS) is 9.95. The molecule has 0 radical (unpaired) electrons. The van der Waals surface area contributed by atoms with Crippen molar-refractivity contribution in [2.75, 3.05) is 19.8 Å². The minimum Gasteiger partial charge on any atom is -0.480 e. The number of amides is 3. The summed E-state index contributed by atoms with van der Waals surface area (Å²) in [6.07, 6.45) is 0.484. The number of nitrogens with one attached hydrogen (secondary N) is 2. The van der Waals surface area contributed by atoms with Crippen LogP contribution >= 0.6 is 0 Å². The molecule has 0 saturated carbocycles. The zero-order valence-electron chi connectivity index (χ0n) is 11.1. The molecule has 0 unspecified atom stereocenters. The Morgan fingerprint density at radius 3 is 2.43 bits per heavy atom. The van der Waals surface area contributed by atoms with Crippen LogP contribution in [0.25, 0.3) is 0 Å². The molecule has 0 aliphatic heterocycles. The molecule has 1 rings (SSSR count). The summed E-state index contributed by atoms with van der Waals surface area (Å²) in [5, 5.41) is 12.7. The highest BCUT2D eigenvalue weighted by Crippen LogP contribution is 2.02. The Labute approximate surface area is 120 Å². The summed E-state index contributed by atoms with van der Waals surface area (Å²) in [4.78, 5) is 32.6. The summed E-state index contributed by atoms with van der Waals surface area (Å²) in [6.45, 7) is -0.863. The van der Waals surface area contributed by atoms with Crippen molar-refractivity contribution < 1.29 is 28.6 Å². The van der Waals surface area contributed by atoms with Crippen LogP contribution in [-0.4, -0.2) is 42.8 Å². The first-order chi connectivity index (χ1) is 9.97. The van der Waals surface area contributed by atoms with Crippen molar-refractivity contribution in [3.63, 3.8) is 0 Å². The van der Waals surface area contributed by atoms with Gasteiger partial charge in [-0.25, -0.2) is 14.0 Å². The number of aliphatic carboxylic acids is 1. The number of carbonyl (C=O) groups excluding carboxylic acids is 2. The highest BCUT2D eigenvalue weighted by atomic mass is 19.1. The lowest BCUT2D eigenvalue weighted by atomic mass is 10.1. The van der Waals surface area contributed by atoms with Crippen LogP contribution in [0.2, 0.25) is 0 Å². The van der Waals surface area contributed by atoms with Gasteiger partial charge < -0.3 is 15.2 Å². The van der Waals surface area contributed by atoms with E-state index in [0.29, 0.717) is 6.42 Å². The molecule has 0 aromatic heterocycles. The maximum Gasteiger partial charge on any atom is 0.329 e. The second-order valence-electron chi connectivity index (χ2n) is 4.07. The minimum atomic E-state index is -1.20. The van der Waals surface area contributed by atoms with Gasteiger partial charge in [0.15, 0.2) is 0 Å². The van der Waals surface area contributed by atoms with Crippen molar-refractivity contribution in [3.05, 3.63) is 35.6 Å². The molecule has 0 atom stereocenters. The number of halogens is 1. The van der Waals surface area contributed by atoms with E-state index in [-0.39, 0.29) is 12.4 Å². The summed E-state index contributed by atoms with van der Waals surface area (Å²) in [6, 6.07) is 5.12.